The SMILES string of the molecule is CC(C)CNC(=O)[C@H](C)N(Cc1ccc(Cl)cc1Cl)C(=O)CN(c1ccc(F)cc1)S(C)(=O)=O. The Morgan fingerprint density at radius 3 is 2.21 bits per heavy atom. The number of amides is 2. The van der Waals surface area contributed by atoms with Crippen LogP contribution >= 0.6 is 23.2 Å². The van der Waals surface area contributed by atoms with Crippen molar-refractivity contribution in [1.29, 1.82) is 0 Å². The summed E-state index contributed by atoms with van der Waals surface area (Å²) in [6.45, 7) is 5.21. The van der Waals surface area contributed by atoms with E-state index in [9.17, 15) is 22.4 Å². The molecule has 0 bridgehead atoms. The number of anilines is 1. The summed E-state index contributed by atoms with van der Waals surface area (Å²) in [5.41, 5.74) is 0.661. The van der Waals surface area contributed by atoms with Gasteiger partial charge in [-0.2, -0.15) is 0 Å². The first-order valence-corrected chi connectivity index (χ1v) is 13.1. The molecule has 0 aliphatic rings. The number of carbonyl (C=O) groups is 2. The van der Waals surface area contributed by atoms with E-state index >= 15 is 0 Å². The highest BCUT2D eigenvalue weighted by Crippen LogP contribution is 2.24. The zero-order valence-corrected chi connectivity index (χ0v) is 21.7. The number of sulfonamides is 1. The van der Waals surface area contributed by atoms with E-state index in [1.807, 2.05) is 13.8 Å². The van der Waals surface area contributed by atoms with E-state index in [0.29, 0.717) is 22.2 Å². The number of hydrogen-bond donors (Lipinski definition) is 1. The third kappa shape index (κ3) is 7.85. The number of hydrogen-bond acceptors (Lipinski definition) is 4. The summed E-state index contributed by atoms with van der Waals surface area (Å²) in [7, 11) is -3.89. The lowest BCUT2D eigenvalue weighted by molar-refractivity contribution is -0.139. The number of halogens is 3. The molecule has 1 atom stereocenters. The first-order chi connectivity index (χ1) is 15.8. The average molecular weight is 532 g/mol. The summed E-state index contributed by atoms with van der Waals surface area (Å²) in [6.07, 6.45) is 0.947. The van der Waals surface area contributed by atoms with E-state index in [2.05, 4.69) is 5.32 Å². The molecule has 1 N–H and O–H groups in total. The minimum atomic E-state index is -3.89. The highest BCUT2D eigenvalue weighted by Gasteiger charge is 2.30. The standard InChI is InChI=1S/C23H28Cl2FN3O4S/c1-15(2)12-27-23(31)16(3)28(13-17-5-6-18(24)11-21(17)25)22(30)14-29(34(4,32)33)20-9-7-19(26)8-10-20/h5-11,15-16H,12-14H2,1-4H3,(H,27,31)/t16-/m0/s1. The van der Waals surface area contributed by atoms with Crippen molar-refractivity contribution in [2.45, 2.75) is 33.4 Å². The molecule has 7 nitrogen and oxygen atoms in total. The molecule has 186 valence electrons. The Morgan fingerprint density at radius 2 is 1.68 bits per heavy atom. The van der Waals surface area contributed by atoms with Crippen LogP contribution in [0.5, 0.6) is 0 Å². The molecule has 2 aromatic rings. The quantitative estimate of drug-likeness (QED) is 0.500. The van der Waals surface area contributed by atoms with Crippen LogP contribution in [0.15, 0.2) is 42.5 Å². The normalized spacial score (nSPS) is 12.4. The van der Waals surface area contributed by atoms with E-state index in [-0.39, 0.29) is 24.1 Å². The molecule has 0 saturated carbocycles. The maximum absolute atomic E-state index is 13.4. The molecule has 0 unspecified atom stereocenters. The van der Waals surface area contributed by atoms with Gasteiger partial charge in [-0.1, -0.05) is 43.1 Å². The van der Waals surface area contributed by atoms with E-state index in [1.165, 1.54) is 23.1 Å². The van der Waals surface area contributed by atoms with Gasteiger partial charge in [0.25, 0.3) is 0 Å². The molecular formula is C23H28Cl2FN3O4S. The molecule has 0 radical (unpaired) electrons. The van der Waals surface area contributed by atoms with Gasteiger partial charge in [-0.05, 0) is 54.8 Å². The molecule has 0 aliphatic heterocycles. The van der Waals surface area contributed by atoms with Crippen molar-refractivity contribution >= 4 is 50.7 Å². The summed E-state index contributed by atoms with van der Waals surface area (Å²) in [6, 6.07) is 8.58. The van der Waals surface area contributed by atoms with Crippen molar-refractivity contribution in [3.63, 3.8) is 0 Å². The second-order valence-electron chi connectivity index (χ2n) is 8.32. The van der Waals surface area contributed by atoms with Gasteiger partial charge in [0.05, 0.1) is 11.9 Å². The fourth-order valence-corrected chi connectivity index (χ4v) is 4.41. The third-order valence-electron chi connectivity index (χ3n) is 5.00. The number of nitrogens with zero attached hydrogens (tertiary/aromatic N) is 2. The van der Waals surface area contributed by atoms with Gasteiger partial charge in [-0.15, -0.1) is 0 Å². The highest BCUT2D eigenvalue weighted by atomic mass is 35.5. The Labute approximate surface area is 209 Å². The summed E-state index contributed by atoms with van der Waals surface area (Å²) in [5, 5.41) is 3.50. The van der Waals surface area contributed by atoms with Crippen LogP contribution in [0.2, 0.25) is 10.0 Å². The van der Waals surface area contributed by atoms with Gasteiger partial charge in [0.2, 0.25) is 21.8 Å². The molecule has 2 amide bonds. The van der Waals surface area contributed by atoms with Crippen LogP contribution in [-0.4, -0.2) is 50.5 Å². The van der Waals surface area contributed by atoms with Crippen molar-refractivity contribution in [1.82, 2.24) is 10.2 Å². The number of carbonyl (C=O) groups excluding carboxylic acids is 2. The zero-order valence-electron chi connectivity index (χ0n) is 19.4. The Kier molecular flexibility index (Phi) is 9.73. The van der Waals surface area contributed by atoms with Gasteiger partial charge in [-0.25, -0.2) is 12.8 Å². The molecule has 0 aliphatic carbocycles. The predicted molar refractivity (Wildman–Crippen MR) is 133 cm³/mol. The Hall–Kier alpha value is -2.36. The van der Waals surface area contributed by atoms with Gasteiger partial charge >= 0.3 is 0 Å². The zero-order chi connectivity index (χ0) is 25.6. The van der Waals surface area contributed by atoms with Crippen molar-refractivity contribution in [3.8, 4) is 0 Å². The molecule has 0 saturated heterocycles. The van der Waals surface area contributed by atoms with E-state index in [4.69, 9.17) is 23.2 Å². The topological polar surface area (TPSA) is 86.8 Å². The minimum absolute atomic E-state index is 0.0495. The maximum atomic E-state index is 13.4. The summed E-state index contributed by atoms with van der Waals surface area (Å²) >= 11 is 12.3. The minimum Gasteiger partial charge on any atom is -0.354 e. The van der Waals surface area contributed by atoms with Crippen LogP contribution in [0.25, 0.3) is 0 Å². The second-order valence-corrected chi connectivity index (χ2v) is 11.1. The van der Waals surface area contributed by atoms with Crippen LogP contribution in [-0.2, 0) is 26.2 Å². The number of rotatable bonds is 10. The predicted octanol–water partition coefficient (Wildman–Crippen LogP) is 4.09. The Morgan fingerprint density at radius 1 is 1.06 bits per heavy atom. The fraction of sp³-hybridized carbons (Fsp3) is 0.391. The van der Waals surface area contributed by atoms with E-state index in [1.54, 1.807) is 19.1 Å². The van der Waals surface area contributed by atoms with Crippen LogP contribution < -0.4 is 9.62 Å². The lowest BCUT2D eigenvalue weighted by Crippen LogP contribution is -2.51. The van der Waals surface area contributed by atoms with Crippen LogP contribution in [0.1, 0.15) is 26.3 Å². The molecular weight excluding hydrogens is 504 g/mol. The molecule has 0 spiro atoms. The monoisotopic (exact) mass is 531 g/mol. The maximum Gasteiger partial charge on any atom is 0.244 e. The average Bonchev–Trinajstić information content (AvgIpc) is 2.74. The molecule has 34 heavy (non-hydrogen) atoms. The van der Waals surface area contributed by atoms with Crippen LogP contribution in [0.3, 0.4) is 0 Å². The lowest BCUT2D eigenvalue weighted by Gasteiger charge is -2.31. The smallest absolute Gasteiger partial charge is 0.244 e. The van der Waals surface area contributed by atoms with Gasteiger partial charge in [0, 0.05) is 23.1 Å². The van der Waals surface area contributed by atoms with Crippen LogP contribution in [0, 0.1) is 11.7 Å². The van der Waals surface area contributed by atoms with E-state index in [0.717, 1.165) is 22.7 Å². The lowest BCUT2D eigenvalue weighted by atomic mass is 10.1. The first kappa shape index (κ1) is 27.9. The van der Waals surface area contributed by atoms with Crippen molar-refractivity contribution < 1.29 is 22.4 Å². The summed E-state index contributed by atoms with van der Waals surface area (Å²) < 4.78 is 39.1. The molecule has 11 heteroatoms. The van der Waals surface area contributed by atoms with Gasteiger partial charge in [0.15, 0.2) is 0 Å². The Balaban J connectivity index is 2.39. The van der Waals surface area contributed by atoms with Crippen molar-refractivity contribution in [3.05, 3.63) is 63.9 Å². The van der Waals surface area contributed by atoms with Crippen molar-refractivity contribution in [2.24, 2.45) is 5.92 Å². The fourth-order valence-electron chi connectivity index (χ4n) is 3.09. The summed E-state index contributed by atoms with van der Waals surface area (Å²) in [4.78, 5) is 27.4. The van der Waals surface area contributed by atoms with Gasteiger partial charge in [0.1, 0.15) is 18.4 Å². The first-order valence-electron chi connectivity index (χ1n) is 10.5. The molecule has 0 fully saturated rings. The van der Waals surface area contributed by atoms with Crippen LogP contribution in [0.4, 0.5) is 10.1 Å². The largest absolute Gasteiger partial charge is 0.354 e. The van der Waals surface area contributed by atoms with E-state index < -0.39 is 34.3 Å². The highest BCUT2D eigenvalue weighted by molar-refractivity contribution is 7.92. The number of benzene rings is 2. The van der Waals surface area contributed by atoms with Crippen molar-refractivity contribution in [2.75, 3.05) is 23.7 Å². The molecule has 0 heterocycles. The summed E-state index contributed by atoms with van der Waals surface area (Å²) in [5.74, 6) is -1.36. The Bertz CT molecular complexity index is 1130. The molecule has 2 aromatic carbocycles. The number of nitrogens with one attached hydrogen (secondary N) is 1. The second kappa shape index (κ2) is 11.9. The van der Waals surface area contributed by atoms with Gasteiger partial charge in [-0.3, -0.25) is 13.9 Å². The third-order valence-corrected chi connectivity index (χ3v) is 6.73. The molecule has 0 aromatic heterocycles. The molecule has 2 rings (SSSR count). The van der Waals surface area contributed by atoms with Gasteiger partial charge < -0.3 is 10.2 Å².